The maximum absolute atomic E-state index is 13.7. The van der Waals surface area contributed by atoms with Crippen molar-refractivity contribution in [2.24, 2.45) is 0 Å². The minimum Gasteiger partial charge on any atom is -0.399 e. The van der Waals surface area contributed by atoms with Crippen molar-refractivity contribution in [3.05, 3.63) is 53.6 Å². The second-order valence-corrected chi connectivity index (χ2v) is 9.88. The van der Waals surface area contributed by atoms with Crippen molar-refractivity contribution in [3.8, 4) is 5.75 Å². The van der Waals surface area contributed by atoms with E-state index in [-0.39, 0.29) is 21.7 Å². The Morgan fingerprint density at radius 1 is 0.968 bits per heavy atom. The third-order valence-corrected chi connectivity index (χ3v) is 6.77. The molecule has 0 atom stereocenters. The van der Waals surface area contributed by atoms with Crippen LogP contribution in [-0.2, 0) is 25.5 Å². The van der Waals surface area contributed by atoms with Gasteiger partial charge >= 0.3 is 13.3 Å². The number of rotatable bonds is 5. The number of halogens is 3. The third-order valence-electron chi connectivity index (χ3n) is 5.57. The first-order chi connectivity index (χ1) is 14.2. The number of nitrogens with one attached hydrogen (secondary N) is 1. The molecular formula is C20H23BF3NO5S. The number of alkyl halides is 3. The highest BCUT2D eigenvalue weighted by atomic mass is 32.2. The Bertz CT molecular complexity index is 1060. The van der Waals surface area contributed by atoms with Crippen molar-refractivity contribution in [1.82, 2.24) is 4.89 Å². The van der Waals surface area contributed by atoms with Crippen molar-refractivity contribution in [3.63, 3.8) is 0 Å². The summed E-state index contributed by atoms with van der Waals surface area (Å²) in [6, 6.07) is 9.32. The quantitative estimate of drug-likeness (QED) is 0.549. The van der Waals surface area contributed by atoms with Gasteiger partial charge in [0, 0.05) is 5.46 Å². The van der Waals surface area contributed by atoms with Gasteiger partial charge in [-0.15, -0.1) is 0 Å². The van der Waals surface area contributed by atoms with Crippen molar-refractivity contribution in [2.75, 3.05) is 0 Å². The largest absolute Gasteiger partial charge is 0.495 e. The molecule has 1 fully saturated rings. The molecule has 1 N–H and O–H groups in total. The summed E-state index contributed by atoms with van der Waals surface area (Å²) < 4.78 is 77.6. The molecule has 11 heteroatoms. The van der Waals surface area contributed by atoms with Crippen molar-refractivity contribution in [1.29, 1.82) is 0 Å². The number of benzene rings is 2. The fraction of sp³-hybridized carbons (Fsp3) is 0.400. The Balaban J connectivity index is 1.98. The predicted molar refractivity (Wildman–Crippen MR) is 109 cm³/mol. The highest BCUT2D eigenvalue weighted by Crippen LogP contribution is 2.39. The Kier molecular flexibility index (Phi) is 5.94. The first-order valence-corrected chi connectivity index (χ1v) is 10.9. The first-order valence-electron chi connectivity index (χ1n) is 9.46. The van der Waals surface area contributed by atoms with Gasteiger partial charge in [0.15, 0.2) is 5.75 Å². The third kappa shape index (κ3) is 4.59. The van der Waals surface area contributed by atoms with Gasteiger partial charge in [0.2, 0.25) is 0 Å². The van der Waals surface area contributed by atoms with Crippen LogP contribution in [0.4, 0.5) is 13.2 Å². The van der Waals surface area contributed by atoms with Crippen LogP contribution in [0.2, 0.25) is 0 Å². The summed E-state index contributed by atoms with van der Waals surface area (Å²) in [5.74, 6) is -0.0998. The predicted octanol–water partition coefficient (Wildman–Crippen LogP) is 3.59. The van der Waals surface area contributed by atoms with Crippen LogP contribution < -0.4 is 15.2 Å². The fourth-order valence-corrected chi connectivity index (χ4v) is 3.89. The van der Waals surface area contributed by atoms with E-state index in [1.807, 2.05) is 4.89 Å². The zero-order valence-electron chi connectivity index (χ0n) is 17.7. The molecule has 0 radical (unpaired) electrons. The first kappa shape index (κ1) is 23.6. The zero-order chi connectivity index (χ0) is 23.2. The summed E-state index contributed by atoms with van der Waals surface area (Å²) >= 11 is 0. The molecule has 1 heterocycles. The SMILES string of the molecule is Cc1c(ONS(=O)(=O)c2ccccc2)ccc(C(F)(F)F)c1B1OC(C)(C)C(C)(C)O1. The van der Waals surface area contributed by atoms with Gasteiger partial charge in [0.05, 0.1) is 21.7 Å². The Hall–Kier alpha value is -2.08. The molecule has 168 valence electrons. The van der Waals surface area contributed by atoms with Gasteiger partial charge in [-0.05, 0) is 69.3 Å². The number of hydrogen-bond donors (Lipinski definition) is 1. The van der Waals surface area contributed by atoms with Crippen LogP contribution >= 0.6 is 0 Å². The van der Waals surface area contributed by atoms with Crippen LogP contribution in [0.25, 0.3) is 0 Å². The van der Waals surface area contributed by atoms with Gasteiger partial charge in [-0.25, -0.2) is 8.42 Å². The van der Waals surface area contributed by atoms with Crippen LogP contribution in [0.1, 0.15) is 38.8 Å². The molecule has 2 aromatic rings. The average molecular weight is 457 g/mol. The lowest BCUT2D eigenvalue weighted by Gasteiger charge is -2.32. The molecule has 1 aliphatic rings. The fourth-order valence-electron chi connectivity index (χ4n) is 3.08. The van der Waals surface area contributed by atoms with Gasteiger partial charge in [-0.1, -0.05) is 18.2 Å². The summed E-state index contributed by atoms with van der Waals surface area (Å²) in [5.41, 5.74) is -2.88. The van der Waals surface area contributed by atoms with Gasteiger partial charge in [0.25, 0.3) is 10.0 Å². The highest BCUT2D eigenvalue weighted by Gasteiger charge is 2.54. The van der Waals surface area contributed by atoms with Crippen molar-refractivity contribution in [2.45, 2.75) is 56.9 Å². The summed E-state index contributed by atoms with van der Waals surface area (Å²) in [6.45, 7) is 8.30. The summed E-state index contributed by atoms with van der Waals surface area (Å²) in [6.07, 6.45) is -4.67. The standard InChI is InChI=1S/C20H23BF3NO5S/c1-13-16(28-25-31(26,27)14-9-7-6-8-10-14)12-11-15(20(22,23)24)17(13)21-29-18(2,3)19(4,5)30-21/h6-12,25H,1-5H3. The maximum atomic E-state index is 13.7. The van der Waals surface area contributed by atoms with E-state index in [9.17, 15) is 21.6 Å². The van der Waals surface area contributed by atoms with E-state index in [1.54, 1.807) is 33.8 Å². The van der Waals surface area contributed by atoms with Crippen molar-refractivity contribution >= 4 is 22.6 Å². The maximum Gasteiger partial charge on any atom is 0.495 e. The van der Waals surface area contributed by atoms with E-state index >= 15 is 0 Å². The molecule has 0 spiro atoms. The second-order valence-electron chi connectivity index (χ2n) is 8.24. The van der Waals surface area contributed by atoms with Gasteiger partial charge in [0.1, 0.15) is 0 Å². The molecule has 6 nitrogen and oxygen atoms in total. The molecule has 1 saturated heterocycles. The molecule has 0 unspecified atom stereocenters. The molecule has 0 bridgehead atoms. The summed E-state index contributed by atoms with van der Waals surface area (Å²) in [4.78, 5) is 7.11. The second kappa shape index (κ2) is 7.81. The molecule has 0 amide bonds. The van der Waals surface area contributed by atoms with Crippen LogP contribution in [0.5, 0.6) is 5.75 Å². The van der Waals surface area contributed by atoms with Crippen LogP contribution in [0.3, 0.4) is 0 Å². The van der Waals surface area contributed by atoms with Gasteiger partial charge < -0.3 is 14.1 Å². The average Bonchev–Trinajstić information content (AvgIpc) is 2.87. The summed E-state index contributed by atoms with van der Waals surface area (Å²) in [7, 11) is -5.35. The smallest absolute Gasteiger partial charge is 0.399 e. The molecule has 31 heavy (non-hydrogen) atoms. The minimum atomic E-state index is -4.67. The van der Waals surface area contributed by atoms with Gasteiger partial charge in [-0.2, -0.15) is 13.2 Å². The molecular weight excluding hydrogens is 434 g/mol. The topological polar surface area (TPSA) is 73.9 Å². The van der Waals surface area contributed by atoms with Crippen LogP contribution in [0, 0.1) is 6.92 Å². The lowest BCUT2D eigenvalue weighted by molar-refractivity contribution is -0.136. The lowest BCUT2D eigenvalue weighted by atomic mass is 9.72. The Morgan fingerprint density at radius 2 is 1.52 bits per heavy atom. The minimum absolute atomic E-state index is 0.0455. The Morgan fingerprint density at radius 3 is 2.03 bits per heavy atom. The number of sulfonamides is 1. The molecule has 3 rings (SSSR count). The molecule has 0 aromatic heterocycles. The van der Waals surface area contributed by atoms with E-state index in [4.69, 9.17) is 14.1 Å². The van der Waals surface area contributed by atoms with Gasteiger partial charge in [-0.3, -0.25) is 0 Å². The summed E-state index contributed by atoms with van der Waals surface area (Å²) in [5, 5.41) is 0. The van der Waals surface area contributed by atoms with Crippen molar-refractivity contribution < 1.29 is 35.7 Å². The van der Waals surface area contributed by atoms with Crippen LogP contribution in [-0.4, -0.2) is 26.7 Å². The molecule has 0 aliphatic carbocycles. The van der Waals surface area contributed by atoms with E-state index in [0.29, 0.717) is 0 Å². The zero-order valence-corrected chi connectivity index (χ0v) is 18.5. The monoisotopic (exact) mass is 457 g/mol. The lowest BCUT2D eigenvalue weighted by Crippen LogP contribution is -2.41. The highest BCUT2D eigenvalue weighted by molar-refractivity contribution is 7.89. The van der Waals surface area contributed by atoms with E-state index < -0.39 is 40.1 Å². The molecule has 1 aliphatic heterocycles. The molecule has 0 saturated carbocycles. The van der Waals surface area contributed by atoms with E-state index in [1.165, 1.54) is 31.2 Å². The van der Waals surface area contributed by atoms with E-state index in [0.717, 1.165) is 12.1 Å². The Labute approximate surface area is 179 Å². The van der Waals surface area contributed by atoms with Crippen LogP contribution in [0.15, 0.2) is 47.4 Å². The molecule has 2 aromatic carbocycles. The number of hydrogen-bond acceptors (Lipinski definition) is 5. The normalized spacial score (nSPS) is 18.3. The van der Waals surface area contributed by atoms with E-state index in [2.05, 4.69) is 0 Å².